The van der Waals surface area contributed by atoms with Crippen LogP contribution in [-0.2, 0) is 9.53 Å². The van der Waals surface area contributed by atoms with E-state index in [1.807, 2.05) is 0 Å². The minimum atomic E-state index is -0.903. The average molecular weight is 374 g/mol. The molecule has 11 nitrogen and oxygen atoms in total. The van der Waals surface area contributed by atoms with Gasteiger partial charge in [0.2, 0.25) is 0 Å². The molecule has 0 aliphatic rings. The van der Waals surface area contributed by atoms with Crippen LogP contribution in [-0.4, -0.2) is 35.4 Å². The van der Waals surface area contributed by atoms with Crippen molar-refractivity contribution in [3.8, 4) is 0 Å². The molecule has 0 aromatic heterocycles. The zero-order valence-corrected chi connectivity index (χ0v) is 14.0. The number of ether oxygens (including phenoxy) is 1. The second-order valence-corrected chi connectivity index (χ2v) is 5.17. The monoisotopic (exact) mass is 374 g/mol. The molecule has 0 unspecified atom stereocenters. The van der Waals surface area contributed by atoms with Crippen LogP contribution < -0.4 is 10.6 Å². The summed E-state index contributed by atoms with van der Waals surface area (Å²) in [6.45, 7) is -0.628. The molecule has 0 radical (unpaired) electrons. The van der Waals surface area contributed by atoms with Crippen LogP contribution in [0.15, 0.2) is 42.5 Å². The molecule has 0 heterocycles. The number of hydrogen-bond acceptors (Lipinski definition) is 8. The van der Waals surface area contributed by atoms with Crippen molar-refractivity contribution in [3.63, 3.8) is 0 Å². The minimum Gasteiger partial charge on any atom is -0.452 e. The molecule has 0 bridgehead atoms. The molecular weight excluding hydrogens is 360 g/mol. The van der Waals surface area contributed by atoms with E-state index in [0.29, 0.717) is 0 Å². The Bertz CT molecular complexity index is 896. The van der Waals surface area contributed by atoms with Gasteiger partial charge in [0.15, 0.2) is 6.61 Å². The smallest absolute Gasteiger partial charge is 0.338 e. The summed E-state index contributed by atoms with van der Waals surface area (Å²) in [6.07, 6.45) is 0. The second kappa shape index (κ2) is 8.38. The van der Waals surface area contributed by atoms with Gasteiger partial charge < -0.3 is 15.4 Å². The van der Waals surface area contributed by atoms with Crippen LogP contribution in [0.3, 0.4) is 0 Å². The van der Waals surface area contributed by atoms with Crippen molar-refractivity contribution in [1.82, 2.24) is 0 Å². The van der Waals surface area contributed by atoms with Crippen molar-refractivity contribution in [2.45, 2.75) is 0 Å². The number of non-ortho nitro benzene ring substituents is 1. The summed E-state index contributed by atoms with van der Waals surface area (Å²) >= 11 is 0. The van der Waals surface area contributed by atoms with Crippen molar-refractivity contribution in [2.24, 2.45) is 0 Å². The number of amides is 1. The van der Waals surface area contributed by atoms with E-state index in [1.165, 1.54) is 43.4 Å². The highest BCUT2D eigenvalue weighted by Gasteiger charge is 2.18. The van der Waals surface area contributed by atoms with E-state index in [1.54, 1.807) is 0 Å². The topological polar surface area (TPSA) is 154 Å². The van der Waals surface area contributed by atoms with Gasteiger partial charge in [0.05, 0.1) is 15.4 Å². The van der Waals surface area contributed by atoms with Gasteiger partial charge in [0, 0.05) is 30.9 Å². The van der Waals surface area contributed by atoms with Gasteiger partial charge >= 0.3 is 5.97 Å². The van der Waals surface area contributed by atoms with E-state index in [0.717, 1.165) is 6.07 Å². The largest absolute Gasteiger partial charge is 0.452 e. The maximum absolute atomic E-state index is 12.0. The molecule has 2 aromatic carbocycles. The van der Waals surface area contributed by atoms with E-state index in [4.69, 9.17) is 4.74 Å². The second-order valence-electron chi connectivity index (χ2n) is 5.17. The van der Waals surface area contributed by atoms with Crippen LogP contribution in [0.25, 0.3) is 0 Å². The number of nitrogens with zero attached hydrogens (tertiary/aromatic N) is 2. The Morgan fingerprint density at radius 2 is 1.70 bits per heavy atom. The molecule has 2 rings (SSSR count). The van der Waals surface area contributed by atoms with Gasteiger partial charge in [-0.2, -0.15) is 0 Å². The molecular formula is C16H14N4O7. The van der Waals surface area contributed by atoms with Crippen molar-refractivity contribution in [3.05, 3.63) is 68.3 Å². The van der Waals surface area contributed by atoms with Crippen molar-refractivity contribution < 1.29 is 24.2 Å². The van der Waals surface area contributed by atoms with Gasteiger partial charge in [0.25, 0.3) is 17.3 Å². The third-order valence-electron chi connectivity index (χ3n) is 3.40. The number of nitro groups is 2. The summed E-state index contributed by atoms with van der Waals surface area (Å²) in [4.78, 5) is 44.1. The standard InChI is InChI=1S/C16H14N4O7/c1-17-13-7-2-10(8-14(13)20(25)26)16(22)27-9-15(21)18-11-3-5-12(6-4-11)19(23)24/h2-8,17H,9H2,1H3,(H,18,21). The molecule has 11 heteroatoms. The average Bonchev–Trinajstić information content (AvgIpc) is 2.65. The SMILES string of the molecule is CNc1ccc(C(=O)OCC(=O)Nc2ccc([N+](=O)[O-])cc2)cc1[N+](=O)[O-]. The van der Waals surface area contributed by atoms with Crippen LogP contribution in [0.2, 0.25) is 0 Å². The molecule has 0 aliphatic carbocycles. The predicted molar refractivity (Wildman–Crippen MR) is 94.7 cm³/mol. The van der Waals surface area contributed by atoms with E-state index in [2.05, 4.69) is 10.6 Å². The fourth-order valence-electron chi connectivity index (χ4n) is 2.10. The highest BCUT2D eigenvalue weighted by Crippen LogP contribution is 2.25. The summed E-state index contributed by atoms with van der Waals surface area (Å²) in [5.74, 6) is -1.57. The van der Waals surface area contributed by atoms with Gasteiger partial charge in [-0.3, -0.25) is 25.0 Å². The number of nitrogens with one attached hydrogen (secondary N) is 2. The van der Waals surface area contributed by atoms with Crippen LogP contribution in [0, 0.1) is 20.2 Å². The van der Waals surface area contributed by atoms with Crippen molar-refractivity contribution in [2.75, 3.05) is 24.3 Å². The van der Waals surface area contributed by atoms with Gasteiger partial charge in [0.1, 0.15) is 5.69 Å². The quantitative estimate of drug-likeness (QED) is 0.425. The zero-order valence-electron chi connectivity index (χ0n) is 14.0. The van der Waals surface area contributed by atoms with Gasteiger partial charge in [-0.1, -0.05) is 0 Å². The number of benzene rings is 2. The van der Waals surface area contributed by atoms with E-state index in [9.17, 15) is 29.8 Å². The van der Waals surface area contributed by atoms with Crippen LogP contribution in [0.5, 0.6) is 0 Å². The van der Waals surface area contributed by atoms with Gasteiger partial charge in [-0.15, -0.1) is 0 Å². The van der Waals surface area contributed by atoms with E-state index < -0.39 is 28.3 Å². The van der Waals surface area contributed by atoms with Gasteiger partial charge in [-0.25, -0.2) is 4.79 Å². The van der Waals surface area contributed by atoms with E-state index in [-0.39, 0.29) is 28.3 Å². The van der Waals surface area contributed by atoms with Crippen LogP contribution >= 0.6 is 0 Å². The maximum Gasteiger partial charge on any atom is 0.338 e. The van der Waals surface area contributed by atoms with E-state index >= 15 is 0 Å². The van der Waals surface area contributed by atoms with Crippen molar-refractivity contribution in [1.29, 1.82) is 0 Å². The van der Waals surface area contributed by atoms with Crippen LogP contribution in [0.4, 0.5) is 22.7 Å². The third kappa shape index (κ3) is 4.98. The molecule has 2 aromatic rings. The minimum absolute atomic E-state index is 0.0798. The first-order chi connectivity index (χ1) is 12.8. The first-order valence-corrected chi connectivity index (χ1v) is 7.49. The Hall–Kier alpha value is -4.02. The highest BCUT2D eigenvalue weighted by molar-refractivity contribution is 5.96. The Morgan fingerprint density at radius 1 is 1.04 bits per heavy atom. The zero-order chi connectivity index (χ0) is 20.0. The fourth-order valence-corrected chi connectivity index (χ4v) is 2.10. The molecule has 0 fully saturated rings. The molecule has 27 heavy (non-hydrogen) atoms. The number of carbonyl (C=O) groups is 2. The Balaban J connectivity index is 1.96. The summed E-state index contributed by atoms with van der Waals surface area (Å²) in [5.41, 5.74) is 0.000258. The lowest BCUT2D eigenvalue weighted by molar-refractivity contribution is -0.384. The normalized spacial score (nSPS) is 9.96. The lowest BCUT2D eigenvalue weighted by Gasteiger charge is -2.07. The number of nitro benzene ring substituents is 2. The number of anilines is 2. The Kier molecular flexibility index (Phi) is 5.99. The fraction of sp³-hybridized carbons (Fsp3) is 0.125. The lowest BCUT2D eigenvalue weighted by Crippen LogP contribution is -2.21. The highest BCUT2D eigenvalue weighted by atomic mass is 16.6. The predicted octanol–water partition coefficient (Wildman–Crippen LogP) is 2.34. The summed E-state index contributed by atoms with van der Waals surface area (Å²) < 4.78 is 4.83. The van der Waals surface area contributed by atoms with Crippen LogP contribution in [0.1, 0.15) is 10.4 Å². The molecule has 0 aliphatic heterocycles. The molecule has 0 saturated heterocycles. The molecule has 0 saturated carbocycles. The number of esters is 1. The first-order valence-electron chi connectivity index (χ1n) is 7.49. The number of carbonyl (C=O) groups excluding carboxylic acids is 2. The van der Waals surface area contributed by atoms with Crippen molar-refractivity contribution >= 4 is 34.6 Å². The summed E-state index contributed by atoms with van der Waals surface area (Å²) in [7, 11) is 1.50. The third-order valence-corrected chi connectivity index (χ3v) is 3.40. The van der Waals surface area contributed by atoms with Gasteiger partial charge in [-0.05, 0) is 24.3 Å². The first kappa shape index (κ1) is 19.3. The number of hydrogen-bond donors (Lipinski definition) is 2. The Morgan fingerprint density at radius 3 is 2.26 bits per heavy atom. The molecule has 1 amide bonds. The molecule has 2 N–H and O–H groups in total. The lowest BCUT2D eigenvalue weighted by atomic mass is 10.1. The molecule has 0 spiro atoms. The Labute approximate surface area is 152 Å². The maximum atomic E-state index is 12.0. The summed E-state index contributed by atoms with van der Waals surface area (Å²) in [6, 6.07) is 8.81. The molecule has 140 valence electrons. The molecule has 0 atom stereocenters. The number of rotatable bonds is 7. The summed E-state index contributed by atoms with van der Waals surface area (Å²) in [5, 5.41) is 26.6.